The molecule has 7 heteroatoms. The van der Waals surface area contributed by atoms with Crippen molar-refractivity contribution in [2.24, 2.45) is 0 Å². The number of rotatable bonds is 3. The van der Waals surface area contributed by atoms with Crippen LogP contribution < -0.4 is 0 Å². The largest absolute Gasteiger partial charge is 0.490 e. The zero-order chi connectivity index (χ0) is 12.6. The van der Waals surface area contributed by atoms with Crippen molar-refractivity contribution in [3.8, 4) is 0 Å². The summed E-state index contributed by atoms with van der Waals surface area (Å²) in [7, 11) is 0. The molecule has 0 spiro atoms. The van der Waals surface area contributed by atoms with Crippen LogP contribution in [0.4, 0.5) is 13.2 Å². The molecule has 0 saturated carbocycles. The van der Waals surface area contributed by atoms with Gasteiger partial charge in [0.05, 0.1) is 6.33 Å². The van der Waals surface area contributed by atoms with Crippen LogP contribution in [0.25, 0.3) is 0 Å². The minimum Gasteiger partial charge on any atom is -0.475 e. The molecule has 0 aromatic carbocycles. The fourth-order valence-electron chi connectivity index (χ4n) is 0.760. The van der Waals surface area contributed by atoms with Crippen LogP contribution in [0.1, 0.15) is 19.8 Å². The van der Waals surface area contributed by atoms with Gasteiger partial charge in [-0.05, 0) is 6.42 Å². The third-order valence-corrected chi connectivity index (χ3v) is 1.57. The highest BCUT2D eigenvalue weighted by molar-refractivity contribution is 5.73. The summed E-state index contributed by atoms with van der Waals surface area (Å²) in [5.74, 6) is -2.76. The first-order chi connectivity index (χ1) is 7.38. The van der Waals surface area contributed by atoms with Crippen LogP contribution in [0, 0.1) is 0 Å². The molecule has 0 aliphatic rings. The second-order valence-electron chi connectivity index (χ2n) is 2.96. The van der Waals surface area contributed by atoms with Gasteiger partial charge < -0.3 is 9.67 Å². The van der Waals surface area contributed by atoms with Gasteiger partial charge in [0, 0.05) is 18.9 Å². The quantitative estimate of drug-likeness (QED) is 0.879. The van der Waals surface area contributed by atoms with Crippen LogP contribution in [0.15, 0.2) is 18.7 Å². The lowest BCUT2D eigenvalue weighted by molar-refractivity contribution is -0.192. The van der Waals surface area contributed by atoms with Gasteiger partial charge in [-0.25, -0.2) is 9.78 Å². The van der Waals surface area contributed by atoms with Crippen LogP contribution in [0.2, 0.25) is 0 Å². The SMILES string of the molecule is CCCCn1ccnc1.O=C(O)C(F)(F)F. The number of carbonyl (C=O) groups is 1. The molecule has 1 aromatic heterocycles. The third-order valence-electron chi connectivity index (χ3n) is 1.57. The van der Waals surface area contributed by atoms with E-state index in [4.69, 9.17) is 9.90 Å². The summed E-state index contributed by atoms with van der Waals surface area (Å²) < 4.78 is 33.8. The molecule has 0 amide bonds. The van der Waals surface area contributed by atoms with E-state index >= 15 is 0 Å². The van der Waals surface area contributed by atoms with Crippen LogP contribution in [-0.2, 0) is 11.3 Å². The Morgan fingerprint density at radius 1 is 1.50 bits per heavy atom. The molecule has 1 N–H and O–H groups in total. The number of hydrogen-bond acceptors (Lipinski definition) is 2. The van der Waals surface area contributed by atoms with Crippen molar-refractivity contribution in [2.75, 3.05) is 0 Å². The maximum absolute atomic E-state index is 10.6. The lowest BCUT2D eigenvalue weighted by Gasteiger charge is -1.96. The van der Waals surface area contributed by atoms with Crippen LogP contribution >= 0.6 is 0 Å². The van der Waals surface area contributed by atoms with Crippen LogP contribution in [0.3, 0.4) is 0 Å². The topological polar surface area (TPSA) is 55.1 Å². The highest BCUT2D eigenvalue weighted by atomic mass is 19.4. The lowest BCUT2D eigenvalue weighted by atomic mass is 10.3. The molecule has 0 aliphatic carbocycles. The average molecular weight is 238 g/mol. The van der Waals surface area contributed by atoms with Gasteiger partial charge in [-0.3, -0.25) is 0 Å². The summed E-state index contributed by atoms with van der Waals surface area (Å²) in [5, 5.41) is 7.12. The Kier molecular flexibility index (Phi) is 6.21. The lowest BCUT2D eigenvalue weighted by Crippen LogP contribution is -2.21. The van der Waals surface area contributed by atoms with Crippen LogP contribution in [0.5, 0.6) is 0 Å². The minimum absolute atomic E-state index is 1.11. The molecular weight excluding hydrogens is 225 g/mol. The molecule has 0 aliphatic heterocycles. The molecule has 16 heavy (non-hydrogen) atoms. The molecule has 0 bridgehead atoms. The number of hydrogen-bond donors (Lipinski definition) is 1. The molecule has 0 fully saturated rings. The third kappa shape index (κ3) is 6.86. The van der Waals surface area contributed by atoms with Crippen molar-refractivity contribution in [2.45, 2.75) is 32.5 Å². The maximum Gasteiger partial charge on any atom is 0.490 e. The molecule has 1 rings (SSSR count). The number of aryl methyl sites for hydroxylation is 1. The Labute approximate surface area is 90.7 Å². The highest BCUT2D eigenvalue weighted by Gasteiger charge is 2.38. The van der Waals surface area contributed by atoms with E-state index in [1.807, 2.05) is 18.7 Å². The molecule has 0 radical (unpaired) electrons. The fourth-order valence-corrected chi connectivity index (χ4v) is 0.760. The summed E-state index contributed by atoms with van der Waals surface area (Å²) in [6.07, 6.45) is 3.08. The first-order valence-corrected chi connectivity index (χ1v) is 4.63. The second-order valence-corrected chi connectivity index (χ2v) is 2.96. The van der Waals surface area contributed by atoms with Crippen molar-refractivity contribution >= 4 is 5.97 Å². The first kappa shape index (κ1) is 14.5. The van der Waals surface area contributed by atoms with Crippen molar-refractivity contribution in [1.29, 1.82) is 0 Å². The van der Waals surface area contributed by atoms with E-state index in [1.165, 1.54) is 12.8 Å². The second kappa shape index (κ2) is 6.86. The van der Waals surface area contributed by atoms with Gasteiger partial charge in [0.1, 0.15) is 0 Å². The van der Waals surface area contributed by atoms with Crippen molar-refractivity contribution < 1.29 is 23.1 Å². The van der Waals surface area contributed by atoms with E-state index in [9.17, 15) is 13.2 Å². The first-order valence-electron chi connectivity index (χ1n) is 4.63. The van der Waals surface area contributed by atoms with Gasteiger partial charge in [0.2, 0.25) is 0 Å². The van der Waals surface area contributed by atoms with E-state index < -0.39 is 12.1 Å². The predicted molar refractivity (Wildman–Crippen MR) is 50.8 cm³/mol. The van der Waals surface area contributed by atoms with Gasteiger partial charge in [0.25, 0.3) is 0 Å². The Morgan fingerprint density at radius 2 is 2.06 bits per heavy atom. The molecule has 0 atom stereocenters. The van der Waals surface area contributed by atoms with Crippen molar-refractivity contribution in [1.82, 2.24) is 9.55 Å². The van der Waals surface area contributed by atoms with Crippen molar-refractivity contribution in [3.05, 3.63) is 18.7 Å². The molecular formula is C9H13F3N2O2. The molecule has 0 unspecified atom stereocenters. The Balaban J connectivity index is 0.000000293. The number of aromatic nitrogens is 2. The Hall–Kier alpha value is -1.53. The minimum atomic E-state index is -5.08. The number of unbranched alkanes of at least 4 members (excludes halogenated alkanes) is 1. The summed E-state index contributed by atoms with van der Waals surface area (Å²) in [5.41, 5.74) is 0. The van der Waals surface area contributed by atoms with E-state index in [1.54, 1.807) is 0 Å². The maximum atomic E-state index is 10.6. The Bertz CT molecular complexity index is 296. The van der Waals surface area contributed by atoms with Gasteiger partial charge in [-0.1, -0.05) is 13.3 Å². The number of carboxylic acids is 1. The number of halogens is 3. The van der Waals surface area contributed by atoms with Crippen molar-refractivity contribution in [3.63, 3.8) is 0 Å². The molecule has 1 aromatic rings. The normalized spacial score (nSPS) is 10.5. The number of carboxylic acid groups (broad SMARTS) is 1. The standard InChI is InChI=1S/C7H12N2.C2HF3O2/c1-2-3-5-9-6-4-8-7-9;3-2(4,5)1(6)7/h4,6-7H,2-3,5H2,1H3;(H,6,7). The number of alkyl halides is 3. The number of imidazole rings is 1. The van der Waals surface area contributed by atoms with E-state index in [-0.39, 0.29) is 0 Å². The van der Waals surface area contributed by atoms with E-state index in [0.717, 1.165) is 6.54 Å². The van der Waals surface area contributed by atoms with Gasteiger partial charge in [0.15, 0.2) is 0 Å². The highest BCUT2D eigenvalue weighted by Crippen LogP contribution is 2.13. The molecule has 92 valence electrons. The molecule has 0 saturated heterocycles. The van der Waals surface area contributed by atoms with Gasteiger partial charge in [-0.2, -0.15) is 13.2 Å². The fraction of sp³-hybridized carbons (Fsp3) is 0.556. The van der Waals surface area contributed by atoms with E-state index in [2.05, 4.69) is 16.5 Å². The zero-order valence-corrected chi connectivity index (χ0v) is 8.74. The average Bonchev–Trinajstić information content (AvgIpc) is 2.66. The smallest absolute Gasteiger partial charge is 0.475 e. The Morgan fingerprint density at radius 3 is 2.38 bits per heavy atom. The molecule has 1 heterocycles. The summed E-state index contributed by atoms with van der Waals surface area (Å²) in [6, 6.07) is 0. The summed E-state index contributed by atoms with van der Waals surface area (Å²) in [4.78, 5) is 12.8. The summed E-state index contributed by atoms with van der Waals surface area (Å²) >= 11 is 0. The van der Waals surface area contributed by atoms with E-state index in [0.29, 0.717) is 0 Å². The predicted octanol–water partition coefficient (Wildman–Crippen LogP) is 2.32. The number of nitrogens with zero attached hydrogens (tertiary/aromatic N) is 2. The van der Waals surface area contributed by atoms with Gasteiger partial charge in [-0.15, -0.1) is 0 Å². The number of aliphatic carboxylic acids is 1. The summed E-state index contributed by atoms with van der Waals surface area (Å²) in [6.45, 7) is 3.30. The van der Waals surface area contributed by atoms with Gasteiger partial charge >= 0.3 is 12.1 Å². The zero-order valence-electron chi connectivity index (χ0n) is 8.74. The monoisotopic (exact) mass is 238 g/mol. The molecule has 4 nitrogen and oxygen atoms in total. The van der Waals surface area contributed by atoms with Crippen LogP contribution in [-0.4, -0.2) is 26.8 Å².